The van der Waals surface area contributed by atoms with E-state index in [1.807, 2.05) is 18.2 Å². The number of benzene rings is 3. The fourth-order valence-corrected chi connectivity index (χ4v) is 7.60. The van der Waals surface area contributed by atoms with Crippen LogP contribution in [0.2, 0.25) is 0 Å². The molecular formula is C45H53N3O12. The number of carbonyl (C=O) groups excluding carboxylic acids is 3. The number of hydrogen-bond donors (Lipinski definition) is 6. The lowest BCUT2D eigenvalue weighted by Crippen LogP contribution is -2.46. The zero-order valence-electron chi connectivity index (χ0n) is 35.0. The van der Waals surface area contributed by atoms with Crippen LogP contribution in [0.25, 0.3) is 10.8 Å². The van der Waals surface area contributed by atoms with Crippen molar-refractivity contribution in [2.24, 2.45) is 33.9 Å². The molecule has 0 saturated carbocycles. The zero-order valence-corrected chi connectivity index (χ0v) is 35.0. The summed E-state index contributed by atoms with van der Waals surface area (Å²) in [7, 11) is 1.43. The predicted octanol–water partition coefficient (Wildman–Crippen LogP) is 6.21. The minimum atomic E-state index is -2.07. The number of methoxy groups -OCH3 is 1. The van der Waals surface area contributed by atoms with Crippen molar-refractivity contribution in [2.45, 2.75) is 85.6 Å². The highest BCUT2D eigenvalue weighted by molar-refractivity contribution is 6.23. The molecule has 0 spiro atoms. The molecule has 0 aliphatic carbocycles. The average Bonchev–Trinajstić information content (AvgIpc) is 3.48. The fourth-order valence-electron chi connectivity index (χ4n) is 7.60. The van der Waals surface area contributed by atoms with Crippen molar-refractivity contribution in [2.75, 3.05) is 12.4 Å². The lowest BCUT2D eigenvalue weighted by atomic mass is 9.78. The number of carbonyl (C=O) groups is 3. The number of Topliss-reactive ketones (excluding diaryl/α,β-unsaturated/α-hetero) is 1. The quantitative estimate of drug-likeness (QED) is 0.0555. The van der Waals surface area contributed by atoms with Crippen molar-refractivity contribution < 1.29 is 58.9 Å². The summed E-state index contributed by atoms with van der Waals surface area (Å²) in [6.45, 7) is 12.4. The number of rotatable bonds is 5. The smallest absolute Gasteiger partial charge is 0.312 e. The van der Waals surface area contributed by atoms with Gasteiger partial charge in [0.1, 0.15) is 23.4 Å². The van der Waals surface area contributed by atoms with Crippen molar-refractivity contribution in [1.29, 1.82) is 0 Å². The summed E-state index contributed by atoms with van der Waals surface area (Å²) >= 11 is 0. The van der Waals surface area contributed by atoms with E-state index in [1.165, 1.54) is 59.4 Å². The van der Waals surface area contributed by atoms with E-state index in [1.54, 1.807) is 52.0 Å². The largest absolute Gasteiger partial charge is 0.507 e. The molecule has 6 rings (SSSR count). The van der Waals surface area contributed by atoms with Gasteiger partial charge in [-0.3, -0.25) is 14.4 Å². The molecule has 3 aromatic rings. The van der Waals surface area contributed by atoms with E-state index in [9.17, 15) is 39.9 Å². The summed E-state index contributed by atoms with van der Waals surface area (Å²) in [5, 5.41) is 68.3. The molecule has 3 aliphatic rings. The fraction of sp³-hybridized carbons (Fsp3) is 0.400. The maximum atomic E-state index is 14.4. The minimum absolute atomic E-state index is 0.0282. The Bertz CT molecular complexity index is 2280. The maximum absolute atomic E-state index is 14.4. The number of aliphatic hydroxyl groups is 2. The van der Waals surface area contributed by atoms with Gasteiger partial charge in [-0.15, -0.1) is 0 Å². The Morgan fingerprint density at radius 3 is 2.20 bits per heavy atom. The number of hydrogen-bond acceptors (Lipinski definition) is 14. The molecule has 6 N–H and O–H groups in total. The molecule has 9 atom stereocenters. The number of aliphatic hydroxyl groups excluding tert-OH is 2. The molecule has 15 nitrogen and oxygen atoms in total. The summed E-state index contributed by atoms with van der Waals surface area (Å²) in [6, 6.07) is 9.03. The van der Waals surface area contributed by atoms with Crippen LogP contribution in [-0.4, -0.2) is 92.9 Å². The van der Waals surface area contributed by atoms with Gasteiger partial charge in [0.2, 0.25) is 0 Å². The second-order valence-corrected chi connectivity index (χ2v) is 15.5. The van der Waals surface area contributed by atoms with Gasteiger partial charge in [-0.1, -0.05) is 76.3 Å². The van der Waals surface area contributed by atoms with Crippen LogP contribution in [0, 0.1) is 30.6 Å². The monoisotopic (exact) mass is 827 g/mol. The molecule has 5 bridgehead atoms. The molecule has 3 aromatic carbocycles. The predicted molar refractivity (Wildman–Crippen MR) is 225 cm³/mol. The second kappa shape index (κ2) is 18.5. The number of allylic oxidation sites excluding steroid dienone is 2. The Balaban J connectivity index is 1.71. The maximum Gasteiger partial charge on any atom is 0.312 e. The minimum Gasteiger partial charge on any atom is -0.507 e. The number of nitrogens with one attached hydrogen (secondary N) is 1. The Morgan fingerprint density at radius 1 is 0.883 bits per heavy atom. The molecular weight excluding hydrogens is 775 g/mol. The van der Waals surface area contributed by atoms with Crippen LogP contribution in [0.4, 0.5) is 5.69 Å². The number of phenolic OH excluding ortho intramolecular Hbond substituents is 3. The topological polar surface area (TPSA) is 226 Å². The van der Waals surface area contributed by atoms with E-state index in [0.717, 1.165) is 6.21 Å². The van der Waals surface area contributed by atoms with E-state index >= 15 is 0 Å². The highest BCUT2D eigenvalue weighted by atomic mass is 16.7. The van der Waals surface area contributed by atoms with Crippen molar-refractivity contribution in [1.82, 2.24) is 0 Å². The summed E-state index contributed by atoms with van der Waals surface area (Å²) < 4.78 is 23.5. The van der Waals surface area contributed by atoms with E-state index in [2.05, 4.69) is 15.5 Å². The van der Waals surface area contributed by atoms with Gasteiger partial charge in [0.05, 0.1) is 59.2 Å². The highest BCUT2D eigenvalue weighted by Crippen LogP contribution is 2.55. The van der Waals surface area contributed by atoms with E-state index in [4.69, 9.17) is 18.9 Å². The molecule has 9 unspecified atom stereocenters. The van der Waals surface area contributed by atoms with Gasteiger partial charge in [-0.25, -0.2) is 0 Å². The number of anilines is 1. The molecule has 15 heteroatoms. The molecule has 1 amide bonds. The van der Waals surface area contributed by atoms with Crippen LogP contribution in [0.3, 0.4) is 0 Å². The highest BCUT2D eigenvalue weighted by Gasteiger charge is 2.50. The van der Waals surface area contributed by atoms with Crippen LogP contribution in [0.1, 0.15) is 75.5 Å². The van der Waals surface area contributed by atoms with E-state index < -0.39 is 88.8 Å². The molecule has 0 aromatic heterocycles. The van der Waals surface area contributed by atoms with Gasteiger partial charge in [-0.05, 0) is 25.5 Å². The summed E-state index contributed by atoms with van der Waals surface area (Å²) in [6.07, 6.45) is 5.95. The lowest BCUT2D eigenvalue weighted by molar-refractivity contribution is -0.160. The third-order valence-corrected chi connectivity index (χ3v) is 11.3. The Hall–Kier alpha value is -6.03. The van der Waals surface area contributed by atoms with Gasteiger partial charge >= 0.3 is 11.8 Å². The van der Waals surface area contributed by atoms with Crippen molar-refractivity contribution >= 4 is 46.5 Å². The number of ketones is 1. The summed E-state index contributed by atoms with van der Waals surface area (Å²) in [5.74, 6) is -8.71. The second-order valence-electron chi connectivity index (χ2n) is 15.5. The first-order chi connectivity index (χ1) is 28.3. The number of esters is 1. The molecule has 320 valence electrons. The van der Waals surface area contributed by atoms with Crippen LogP contribution >= 0.6 is 0 Å². The Morgan fingerprint density at radius 2 is 1.55 bits per heavy atom. The summed E-state index contributed by atoms with van der Waals surface area (Å²) in [5.41, 5.74) is 0.0665. The summed E-state index contributed by atoms with van der Waals surface area (Å²) in [4.78, 5) is 40.4. The first kappa shape index (κ1) is 45.1. The van der Waals surface area contributed by atoms with Crippen LogP contribution in [0.15, 0.2) is 76.7 Å². The molecule has 3 aliphatic heterocycles. The van der Waals surface area contributed by atoms with Gasteiger partial charge < -0.3 is 49.8 Å². The Kier molecular flexibility index (Phi) is 13.9. The number of phenols is 3. The van der Waals surface area contributed by atoms with Gasteiger partial charge in [-0.2, -0.15) is 10.2 Å². The lowest BCUT2D eigenvalue weighted by Gasteiger charge is -2.38. The van der Waals surface area contributed by atoms with Gasteiger partial charge in [0, 0.05) is 61.2 Å². The first-order valence-electron chi connectivity index (χ1n) is 19.5. The molecule has 0 fully saturated rings. The van der Waals surface area contributed by atoms with E-state index in [0.29, 0.717) is 5.56 Å². The van der Waals surface area contributed by atoms with Crippen LogP contribution in [0.5, 0.6) is 23.0 Å². The standard InChI is InChI=1S/C45H53N3O12/c1-22-14-13-15-23(2)44(56)48-35-30(21-47-46-20-29-16-11-10-12-17-29)39(53)32-33(40(35)54)38(52)27(6)42-34(32)43(55)45(8,60-42)58-19-18-31(57-9)24(3)41(59-28(7)49)26(5)37(51)25(4)36(22)50/h10-22,24-26,31,36-37,41,50-54H,1-9H3,(H,48,56)/b14-13-,19-18-,23-15-,46-20+,47-21+. The SMILES string of the molecule is COC1/C=C\OC2(C)Oc3c(C)c(O)c4c(O)c(c(/C=N/N=C/c5ccccc5)c(O)c4c3C2=O)NC(=O)/C(C)=C\C=C/C(C)C(O)C(C)C(O)C(C)C(OC(C)=O)C1C. The molecule has 0 radical (unpaired) electrons. The van der Waals surface area contributed by atoms with Crippen molar-refractivity contribution in [3.8, 4) is 23.0 Å². The number of amides is 1. The Labute approximate surface area is 348 Å². The molecule has 3 heterocycles. The first-order valence-corrected chi connectivity index (χ1v) is 19.5. The molecule has 60 heavy (non-hydrogen) atoms. The average molecular weight is 828 g/mol. The normalized spacial score (nSPS) is 29.9. The number of fused-ring (bicyclic) bond motifs is 14. The number of ether oxygens (including phenoxy) is 4. The van der Waals surface area contributed by atoms with Crippen LogP contribution < -0.4 is 10.1 Å². The number of aromatic hydroxyl groups is 3. The van der Waals surface area contributed by atoms with Crippen molar-refractivity contribution in [3.05, 3.63) is 88.7 Å². The van der Waals surface area contributed by atoms with E-state index in [-0.39, 0.29) is 44.5 Å². The third-order valence-electron chi connectivity index (χ3n) is 11.3. The number of nitrogens with zero attached hydrogens (tertiary/aromatic N) is 2. The van der Waals surface area contributed by atoms with Gasteiger partial charge in [0.25, 0.3) is 11.7 Å². The third kappa shape index (κ3) is 8.93. The van der Waals surface area contributed by atoms with Gasteiger partial charge in [0.15, 0.2) is 5.75 Å². The zero-order chi connectivity index (χ0) is 44.2. The van der Waals surface area contributed by atoms with Crippen LogP contribution in [-0.2, 0) is 23.8 Å². The van der Waals surface area contributed by atoms with Crippen molar-refractivity contribution in [3.63, 3.8) is 0 Å². The molecule has 0 saturated heterocycles.